The summed E-state index contributed by atoms with van der Waals surface area (Å²) < 4.78 is 0. The number of nitrogens with two attached hydrogens (primary N) is 1. The highest BCUT2D eigenvalue weighted by Crippen LogP contribution is 2.24. The summed E-state index contributed by atoms with van der Waals surface area (Å²) in [4.78, 5) is 33.6. The molecule has 8 heteroatoms. The van der Waals surface area contributed by atoms with Crippen LogP contribution in [0.5, 0.6) is 0 Å². The SMILES string of the molecule is CC(C)(C)NC(=O)CNC(=O)c1cccc([N+](=O)[O-])c1N. The fourth-order valence-electron chi connectivity index (χ4n) is 1.63. The first kappa shape index (κ1) is 16.4. The predicted octanol–water partition coefficient (Wildman–Crippen LogP) is 0.821. The molecule has 4 N–H and O–H groups in total. The third-order valence-electron chi connectivity index (χ3n) is 2.45. The average molecular weight is 294 g/mol. The lowest BCUT2D eigenvalue weighted by Gasteiger charge is -2.20. The Morgan fingerprint density at radius 2 is 1.95 bits per heavy atom. The van der Waals surface area contributed by atoms with Gasteiger partial charge in [0.2, 0.25) is 5.91 Å². The van der Waals surface area contributed by atoms with Crippen molar-refractivity contribution in [1.82, 2.24) is 10.6 Å². The van der Waals surface area contributed by atoms with Crippen molar-refractivity contribution < 1.29 is 14.5 Å². The summed E-state index contributed by atoms with van der Waals surface area (Å²) in [7, 11) is 0. The van der Waals surface area contributed by atoms with Crippen LogP contribution in [0.2, 0.25) is 0 Å². The number of nitro groups is 1. The Morgan fingerprint density at radius 1 is 1.33 bits per heavy atom. The van der Waals surface area contributed by atoms with Gasteiger partial charge in [0.05, 0.1) is 17.0 Å². The lowest BCUT2D eigenvalue weighted by molar-refractivity contribution is -0.383. The topological polar surface area (TPSA) is 127 Å². The quantitative estimate of drug-likeness (QED) is 0.430. The number of nitrogen functional groups attached to an aromatic ring is 1. The molecule has 0 aliphatic rings. The van der Waals surface area contributed by atoms with Gasteiger partial charge in [0, 0.05) is 11.6 Å². The second kappa shape index (κ2) is 6.21. The van der Waals surface area contributed by atoms with Crippen molar-refractivity contribution in [2.24, 2.45) is 0 Å². The van der Waals surface area contributed by atoms with Crippen LogP contribution in [0.15, 0.2) is 18.2 Å². The van der Waals surface area contributed by atoms with E-state index in [9.17, 15) is 19.7 Å². The monoisotopic (exact) mass is 294 g/mol. The number of carbonyl (C=O) groups is 2. The molecule has 0 spiro atoms. The van der Waals surface area contributed by atoms with Gasteiger partial charge < -0.3 is 16.4 Å². The molecule has 0 saturated heterocycles. The van der Waals surface area contributed by atoms with Crippen molar-refractivity contribution in [3.63, 3.8) is 0 Å². The highest BCUT2D eigenvalue weighted by atomic mass is 16.6. The van der Waals surface area contributed by atoms with E-state index in [1.807, 2.05) is 20.8 Å². The lowest BCUT2D eigenvalue weighted by atomic mass is 10.1. The predicted molar refractivity (Wildman–Crippen MR) is 77.7 cm³/mol. The Labute approximate surface area is 121 Å². The van der Waals surface area contributed by atoms with Crippen LogP contribution in [-0.2, 0) is 4.79 Å². The van der Waals surface area contributed by atoms with Crippen molar-refractivity contribution in [3.8, 4) is 0 Å². The number of hydrogen-bond acceptors (Lipinski definition) is 5. The summed E-state index contributed by atoms with van der Waals surface area (Å²) in [5.74, 6) is -1.000. The number of carbonyl (C=O) groups excluding carboxylic acids is 2. The van der Waals surface area contributed by atoms with E-state index < -0.39 is 16.4 Å². The standard InChI is InChI=1S/C13H18N4O4/c1-13(2,3)16-10(18)7-15-12(19)8-5-4-6-9(11(8)14)17(20)21/h4-6H,7,14H2,1-3H3,(H,15,19)(H,16,18). The molecule has 2 amide bonds. The van der Waals surface area contributed by atoms with E-state index >= 15 is 0 Å². The van der Waals surface area contributed by atoms with Gasteiger partial charge in [-0.05, 0) is 26.8 Å². The zero-order chi connectivity index (χ0) is 16.2. The fraction of sp³-hybridized carbons (Fsp3) is 0.385. The molecule has 0 saturated carbocycles. The van der Waals surface area contributed by atoms with Gasteiger partial charge in [0.1, 0.15) is 5.69 Å². The van der Waals surface area contributed by atoms with E-state index in [-0.39, 0.29) is 29.4 Å². The number of para-hydroxylation sites is 1. The Hall–Kier alpha value is -2.64. The van der Waals surface area contributed by atoms with Gasteiger partial charge in [-0.3, -0.25) is 19.7 Å². The summed E-state index contributed by atoms with van der Waals surface area (Å²) in [6.07, 6.45) is 0. The number of nitro benzene ring substituents is 1. The second-order valence-corrected chi connectivity index (χ2v) is 5.48. The number of nitrogens with zero attached hydrogens (tertiary/aromatic N) is 1. The van der Waals surface area contributed by atoms with Crippen LogP contribution in [0.25, 0.3) is 0 Å². The Kier molecular flexibility index (Phi) is 4.85. The molecule has 0 unspecified atom stereocenters. The number of amides is 2. The smallest absolute Gasteiger partial charge is 0.292 e. The summed E-state index contributed by atoms with van der Waals surface area (Å²) in [6, 6.07) is 3.93. The highest BCUT2D eigenvalue weighted by molar-refractivity contribution is 6.02. The molecule has 0 atom stereocenters. The van der Waals surface area contributed by atoms with Gasteiger partial charge in [0.15, 0.2) is 0 Å². The zero-order valence-corrected chi connectivity index (χ0v) is 12.1. The van der Waals surface area contributed by atoms with Gasteiger partial charge in [-0.2, -0.15) is 0 Å². The summed E-state index contributed by atoms with van der Waals surface area (Å²) in [5.41, 5.74) is 4.57. The minimum Gasteiger partial charge on any atom is -0.393 e. The maximum atomic E-state index is 11.9. The number of anilines is 1. The Balaban J connectivity index is 2.75. The average Bonchev–Trinajstić information content (AvgIpc) is 2.33. The molecule has 1 rings (SSSR count). The van der Waals surface area contributed by atoms with Crippen LogP contribution < -0.4 is 16.4 Å². The lowest BCUT2D eigenvalue weighted by Crippen LogP contribution is -2.45. The maximum Gasteiger partial charge on any atom is 0.292 e. The van der Waals surface area contributed by atoms with E-state index in [0.29, 0.717) is 0 Å². The summed E-state index contributed by atoms with van der Waals surface area (Å²) in [5, 5.41) is 15.8. The van der Waals surface area contributed by atoms with Crippen molar-refractivity contribution in [2.75, 3.05) is 12.3 Å². The van der Waals surface area contributed by atoms with Crippen LogP contribution in [0, 0.1) is 10.1 Å². The molecule has 0 aromatic heterocycles. The third kappa shape index (κ3) is 4.75. The molecular weight excluding hydrogens is 276 g/mol. The minimum atomic E-state index is -0.668. The molecule has 0 radical (unpaired) electrons. The Bertz CT molecular complexity index is 578. The number of benzene rings is 1. The number of rotatable bonds is 4. The number of nitrogens with one attached hydrogen (secondary N) is 2. The first-order chi connectivity index (χ1) is 9.61. The Morgan fingerprint density at radius 3 is 2.48 bits per heavy atom. The first-order valence-electron chi connectivity index (χ1n) is 6.24. The van der Waals surface area contributed by atoms with Gasteiger partial charge in [-0.15, -0.1) is 0 Å². The second-order valence-electron chi connectivity index (χ2n) is 5.48. The van der Waals surface area contributed by atoms with Crippen LogP contribution in [0.4, 0.5) is 11.4 Å². The van der Waals surface area contributed by atoms with E-state index in [1.54, 1.807) is 0 Å². The zero-order valence-electron chi connectivity index (χ0n) is 12.1. The normalized spacial score (nSPS) is 10.8. The van der Waals surface area contributed by atoms with Crippen molar-refractivity contribution in [3.05, 3.63) is 33.9 Å². The molecular formula is C13H18N4O4. The molecule has 0 bridgehead atoms. The first-order valence-corrected chi connectivity index (χ1v) is 6.24. The minimum absolute atomic E-state index is 0.0345. The summed E-state index contributed by atoms with van der Waals surface area (Å²) >= 11 is 0. The van der Waals surface area contributed by atoms with Gasteiger partial charge in [-0.1, -0.05) is 6.07 Å². The van der Waals surface area contributed by atoms with E-state index in [0.717, 1.165) is 0 Å². The largest absolute Gasteiger partial charge is 0.393 e. The van der Waals surface area contributed by atoms with Gasteiger partial charge in [-0.25, -0.2) is 0 Å². The van der Waals surface area contributed by atoms with Crippen molar-refractivity contribution in [1.29, 1.82) is 0 Å². The van der Waals surface area contributed by atoms with Crippen molar-refractivity contribution >= 4 is 23.2 Å². The maximum absolute atomic E-state index is 11.9. The molecule has 0 heterocycles. The molecule has 0 aliphatic carbocycles. The van der Waals surface area contributed by atoms with Crippen LogP contribution in [0.1, 0.15) is 31.1 Å². The third-order valence-corrected chi connectivity index (χ3v) is 2.45. The van der Waals surface area contributed by atoms with Crippen molar-refractivity contribution in [2.45, 2.75) is 26.3 Å². The van der Waals surface area contributed by atoms with Crippen LogP contribution in [0.3, 0.4) is 0 Å². The molecule has 0 aliphatic heterocycles. The highest BCUT2D eigenvalue weighted by Gasteiger charge is 2.20. The molecule has 114 valence electrons. The van der Waals surface area contributed by atoms with Crippen LogP contribution in [-0.4, -0.2) is 28.8 Å². The van der Waals surface area contributed by atoms with Gasteiger partial charge in [0.25, 0.3) is 11.6 Å². The molecule has 0 fully saturated rings. The van der Waals surface area contributed by atoms with Crippen LogP contribution >= 0.6 is 0 Å². The summed E-state index contributed by atoms with van der Waals surface area (Å²) in [6.45, 7) is 5.19. The number of hydrogen-bond donors (Lipinski definition) is 3. The molecule has 1 aromatic rings. The van der Waals surface area contributed by atoms with E-state index in [4.69, 9.17) is 5.73 Å². The molecule has 21 heavy (non-hydrogen) atoms. The van der Waals surface area contributed by atoms with E-state index in [1.165, 1.54) is 18.2 Å². The van der Waals surface area contributed by atoms with Gasteiger partial charge >= 0.3 is 0 Å². The fourth-order valence-corrected chi connectivity index (χ4v) is 1.63. The molecule has 8 nitrogen and oxygen atoms in total. The molecule has 1 aromatic carbocycles. The van der Waals surface area contributed by atoms with E-state index in [2.05, 4.69) is 10.6 Å².